The van der Waals surface area contributed by atoms with Crippen LogP contribution >= 0.6 is 0 Å². The predicted molar refractivity (Wildman–Crippen MR) is 72.5 cm³/mol. The van der Waals surface area contributed by atoms with Gasteiger partial charge in [0.2, 0.25) is 0 Å². The molecule has 0 amide bonds. The number of imidazole rings is 1. The Kier molecular flexibility index (Phi) is 3.96. The minimum atomic E-state index is 0.742. The molecule has 1 aliphatic carbocycles. The molecule has 1 aliphatic heterocycles. The molecule has 2 fully saturated rings. The Labute approximate surface area is 109 Å². The van der Waals surface area contributed by atoms with Gasteiger partial charge in [-0.05, 0) is 38.8 Å². The molecule has 1 aromatic rings. The number of rotatable bonds is 6. The van der Waals surface area contributed by atoms with E-state index in [1.807, 2.05) is 12.5 Å². The zero-order chi connectivity index (χ0) is 12.2. The second-order valence-corrected chi connectivity index (χ2v) is 5.60. The normalized spacial score (nSPS) is 21.3. The van der Waals surface area contributed by atoms with Crippen LogP contribution in [0.25, 0.3) is 0 Å². The van der Waals surface area contributed by atoms with E-state index in [4.69, 9.17) is 0 Å². The van der Waals surface area contributed by atoms with Crippen molar-refractivity contribution < 1.29 is 0 Å². The van der Waals surface area contributed by atoms with Gasteiger partial charge in [-0.25, -0.2) is 4.98 Å². The molecule has 0 bridgehead atoms. The second-order valence-electron chi connectivity index (χ2n) is 5.60. The molecule has 0 radical (unpaired) electrons. The summed E-state index contributed by atoms with van der Waals surface area (Å²) in [7, 11) is 0. The minimum Gasteiger partial charge on any atom is -0.330 e. The number of piperidine rings is 1. The molecule has 4 heteroatoms. The highest BCUT2D eigenvalue weighted by molar-refractivity contribution is 5.03. The lowest BCUT2D eigenvalue weighted by molar-refractivity contribution is 0.229. The highest BCUT2D eigenvalue weighted by atomic mass is 15.1. The summed E-state index contributed by atoms with van der Waals surface area (Å²) < 4.78 is 2.34. The maximum atomic E-state index is 4.26. The van der Waals surface area contributed by atoms with Gasteiger partial charge in [-0.2, -0.15) is 0 Å². The third kappa shape index (κ3) is 3.12. The van der Waals surface area contributed by atoms with Crippen LogP contribution in [0, 0.1) is 0 Å². The number of nitrogens with one attached hydrogen (secondary N) is 1. The maximum Gasteiger partial charge on any atom is 0.0951 e. The summed E-state index contributed by atoms with van der Waals surface area (Å²) in [6, 6.07) is 0.742. The van der Waals surface area contributed by atoms with Gasteiger partial charge in [0.25, 0.3) is 0 Å². The molecular weight excluding hydrogens is 224 g/mol. The van der Waals surface area contributed by atoms with Crippen molar-refractivity contribution in [2.24, 2.45) is 0 Å². The Bertz CT molecular complexity index is 364. The van der Waals surface area contributed by atoms with Crippen molar-refractivity contribution in [2.75, 3.05) is 26.2 Å². The first kappa shape index (κ1) is 12.2. The van der Waals surface area contributed by atoms with E-state index >= 15 is 0 Å². The van der Waals surface area contributed by atoms with E-state index in [1.165, 1.54) is 57.4 Å². The van der Waals surface area contributed by atoms with Crippen molar-refractivity contribution in [3.8, 4) is 0 Å². The van der Waals surface area contributed by atoms with E-state index in [2.05, 4.69) is 19.8 Å². The largest absolute Gasteiger partial charge is 0.330 e. The fourth-order valence-electron chi connectivity index (χ4n) is 2.79. The van der Waals surface area contributed by atoms with Gasteiger partial charge < -0.3 is 14.8 Å². The Morgan fingerprint density at radius 2 is 2.06 bits per heavy atom. The van der Waals surface area contributed by atoms with Crippen molar-refractivity contribution in [1.82, 2.24) is 19.8 Å². The quantitative estimate of drug-likeness (QED) is 0.779. The Morgan fingerprint density at radius 1 is 1.22 bits per heavy atom. The van der Waals surface area contributed by atoms with E-state index in [1.54, 1.807) is 0 Å². The van der Waals surface area contributed by atoms with Crippen molar-refractivity contribution in [2.45, 2.75) is 44.7 Å². The molecule has 0 aromatic carbocycles. The monoisotopic (exact) mass is 248 g/mol. The molecule has 2 heterocycles. The average Bonchev–Trinajstić information content (AvgIpc) is 3.16. The van der Waals surface area contributed by atoms with Crippen LogP contribution in [0.4, 0.5) is 0 Å². The standard InChI is InChI=1S/C14H24N4/c1-2-7-17(8-3-1)9-6-15-10-14-11-16-12-18(14)13-4-5-13/h11-13,15H,1-10H2. The van der Waals surface area contributed by atoms with Crippen LogP contribution in [0.3, 0.4) is 0 Å². The molecule has 2 aliphatic rings. The number of hydrogen-bond donors (Lipinski definition) is 1. The summed E-state index contributed by atoms with van der Waals surface area (Å²) in [5.41, 5.74) is 1.34. The maximum absolute atomic E-state index is 4.26. The van der Waals surface area contributed by atoms with E-state index in [0.29, 0.717) is 0 Å². The van der Waals surface area contributed by atoms with Crippen molar-refractivity contribution in [3.63, 3.8) is 0 Å². The van der Waals surface area contributed by atoms with Gasteiger partial charge in [0.15, 0.2) is 0 Å². The molecule has 3 rings (SSSR count). The van der Waals surface area contributed by atoms with Crippen LogP contribution in [0.15, 0.2) is 12.5 Å². The highest BCUT2D eigenvalue weighted by Gasteiger charge is 2.24. The van der Waals surface area contributed by atoms with E-state index in [-0.39, 0.29) is 0 Å². The summed E-state index contributed by atoms with van der Waals surface area (Å²) in [6.07, 6.45) is 10.8. The van der Waals surface area contributed by atoms with Crippen molar-refractivity contribution in [3.05, 3.63) is 18.2 Å². The van der Waals surface area contributed by atoms with Crippen LogP contribution in [-0.4, -0.2) is 40.6 Å². The lowest BCUT2D eigenvalue weighted by Gasteiger charge is -2.26. The second kappa shape index (κ2) is 5.85. The first-order chi connectivity index (χ1) is 8.93. The van der Waals surface area contributed by atoms with Gasteiger partial charge in [0.1, 0.15) is 0 Å². The molecule has 18 heavy (non-hydrogen) atoms. The van der Waals surface area contributed by atoms with Crippen molar-refractivity contribution >= 4 is 0 Å². The van der Waals surface area contributed by atoms with E-state index in [9.17, 15) is 0 Å². The van der Waals surface area contributed by atoms with Gasteiger partial charge in [0, 0.05) is 31.9 Å². The number of nitrogens with zero attached hydrogens (tertiary/aromatic N) is 3. The summed E-state index contributed by atoms with van der Waals surface area (Å²) in [5.74, 6) is 0. The zero-order valence-corrected chi connectivity index (χ0v) is 11.1. The summed E-state index contributed by atoms with van der Waals surface area (Å²) in [5, 5.41) is 3.56. The minimum absolute atomic E-state index is 0.742. The highest BCUT2D eigenvalue weighted by Crippen LogP contribution is 2.35. The Morgan fingerprint density at radius 3 is 2.83 bits per heavy atom. The molecule has 1 saturated carbocycles. The lowest BCUT2D eigenvalue weighted by atomic mass is 10.1. The number of aromatic nitrogens is 2. The smallest absolute Gasteiger partial charge is 0.0951 e. The SMILES string of the molecule is c1ncn(C2CC2)c1CNCCN1CCCCC1. The van der Waals surface area contributed by atoms with Crippen LogP contribution in [0.5, 0.6) is 0 Å². The van der Waals surface area contributed by atoms with Gasteiger partial charge >= 0.3 is 0 Å². The molecule has 0 unspecified atom stereocenters. The fraction of sp³-hybridized carbons (Fsp3) is 0.786. The summed E-state index contributed by atoms with van der Waals surface area (Å²) in [6.45, 7) is 5.83. The van der Waals surface area contributed by atoms with Crippen LogP contribution in [0.1, 0.15) is 43.8 Å². The third-order valence-corrected chi connectivity index (χ3v) is 4.05. The Balaban J connectivity index is 1.37. The van der Waals surface area contributed by atoms with Crippen LogP contribution < -0.4 is 5.32 Å². The first-order valence-corrected chi connectivity index (χ1v) is 7.37. The van der Waals surface area contributed by atoms with Crippen LogP contribution in [0.2, 0.25) is 0 Å². The zero-order valence-electron chi connectivity index (χ0n) is 11.1. The van der Waals surface area contributed by atoms with Gasteiger partial charge in [-0.1, -0.05) is 6.42 Å². The average molecular weight is 248 g/mol. The molecule has 1 aromatic heterocycles. The first-order valence-electron chi connectivity index (χ1n) is 7.37. The predicted octanol–water partition coefficient (Wildman–Crippen LogP) is 1.79. The topological polar surface area (TPSA) is 33.1 Å². The molecule has 1 saturated heterocycles. The van der Waals surface area contributed by atoms with E-state index < -0.39 is 0 Å². The molecular formula is C14H24N4. The van der Waals surface area contributed by atoms with E-state index in [0.717, 1.165) is 19.1 Å². The lowest BCUT2D eigenvalue weighted by Crippen LogP contribution is -2.35. The third-order valence-electron chi connectivity index (χ3n) is 4.05. The number of hydrogen-bond acceptors (Lipinski definition) is 3. The Hall–Kier alpha value is -0.870. The van der Waals surface area contributed by atoms with Crippen LogP contribution in [-0.2, 0) is 6.54 Å². The van der Waals surface area contributed by atoms with Gasteiger partial charge in [-0.3, -0.25) is 0 Å². The number of likely N-dealkylation sites (tertiary alicyclic amines) is 1. The van der Waals surface area contributed by atoms with Crippen molar-refractivity contribution in [1.29, 1.82) is 0 Å². The molecule has 1 N–H and O–H groups in total. The van der Waals surface area contributed by atoms with Gasteiger partial charge in [0.05, 0.1) is 12.0 Å². The molecule has 4 nitrogen and oxygen atoms in total. The fourth-order valence-corrected chi connectivity index (χ4v) is 2.79. The summed E-state index contributed by atoms with van der Waals surface area (Å²) in [4.78, 5) is 6.84. The molecule has 0 spiro atoms. The molecule has 0 atom stereocenters. The van der Waals surface area contributed by atoms with Gasteiger partial charge in [-0.15, -0.1) is 0 Å². The summed E-state index contributed by atoms with van der Waals surface area (Å²) >= 11 is 0. The molecule has 100 valence electrons.